The molecule has 0 aliphatic carbocycles. The molecule has 3 rings (SSSR count). The SMILES string of the molecule is CCC1CCCCN1c1ccnc2c1c(=O)n(C)c(=O)n2C. The zero-order valence-corrected chi connectivity index (χ0v) is 13.4. The van der Waals surface area contributed by atoms with Crippen LogP contribution in [0.1, 0.15) is 32.6 Å². The summed E-state index contributed by atoms with van der Waals surface area (Å²) in [4.78, 5) is 31.3. The van der Waals surface area contributed by atoms with E-state index in [-0.39, 0.29) is 11.2 Å². The number of hydrogen-bond acceptors (Lipinski definition) is 4. The van der Waals surface area contributed by atoms with E-state index in [2.05, 4.69) is 16.8 Å². The Hall–Kier alpha value is -2.11. The molecule has 0 spiro atoms. The largest absolute Gasteiger partial charge is 0.368 e. The maximum Gasteiger partial charge on any atom is 0.332 e. The molecular weight excluding hydrogens is 280 g/mol. The van der Waals surface area contributed by atoms with Gasteiger partial charge in [0.15, 0.2) is 5.65 Å². The second kappa shape index (κ2) is 5.59. The first kappa shape index (κ1) is 14.8. The number of fused-ring (bicyclic) bond motifs is 1. The van der Waals surface area contributed by atoms with E-state index < -0.39 is 0 Å². The van der Waals surface area contributed by atoms with Crippen molar-refractivity contribution >= 4 is 16.7 Å². The van der Waals surface area contributed by atoms with Gasteiger partial charge in [0.2, 0.25) is 0 Å². The molecule has 6 nitrogen and oxygen atoms in total. The van der Waals surface area contributed by atoms with Gasteiger partial charge >= 0.3 is 5.69 Å². The van der Waals surface area contributed by atoms with Gasteiger partial charge in [-0.2, -0.15) is 0 Å². The summed E-state index contributed by atoms with van der Waals surface area (Å²) in [6.07, 6.45) is 6.25. The van der Waals surface area contributed by atoms with Crippen LogP contribution in [0.25, 0.3) is 11.0 Å². The van der Waals surface area contributed by atoms with Gasteiger partial charge in [0.25, 0.3) is 5.56 Å². The van der Waals surface area contributed by atoms with Crippen molar-refractivity contribution in [1.82, 2.24) is 14.1 Å². The Bertz CT molecular complexity index is 821. The Balaban J connectivity index is 2.31. The summed E-state index contributed by atoms with van der Waals surface area (Å²) in [7, 11) is 3.18. The highest BCUT2D eigenvalue weighted by molar-refractivity contribution is 5.88. The van der Waals surface area contributed by atoms with Crippen LogP contribution in [0.15, 0.2) is 21.9 Å². The molecule has 1 aliphatic heterocycles. The van der Waals surface area contributed by atoms with E-state index in [1.165, 1.54) is 22.6 Å². The summed E-state index contributed by atoms with van der Waals surface area (Å²) in [6.45, 7) is 3.13. The van der Waals surface area contributed by atoms with Gasteiger partial charge in [-0.1, -0.05) is 6.92 Å². The lowest BCUT2D eigenvalue weighted by Crippen LogP contribution is -2.42. The molecule has 3 heterocycles. The zero-order valence-electron chi connectivity index (χ0n) is 13.4. The van der Waals surface area contributed by atoms with Crippen LogP contribution in [0.5, 0.6) is 0 Å². The third kappa shape index (κ3) is 2.14. The predicted molar refractivity (Wildman–Crippen MR) is 87.5 cm³/mol. The van der Waals surface area contributed by atoms with E-state index in [0.29, 0.717) is 17.1 Å². The Morgan fingerprint density at radius 2 is 2.00 bits per heavy atom. The minimum absolute atomic E-state index is 0.262. The smallest absolute Gasteiger partial charge is 0.332 e. The fourth-order valence-electron chi connectivity index (χ4n) is 3.45. The summed E-state index contributed by atoms with van der Waals surface area (Å²) in [5.74, 6) is 0. The topological polar surface area (TPSA) is 60.1 Å². The molecular formula is C16H22N4O2. The molecule has 1 aliphatic rings. The van der Waals surface area contributed by atoms with Gasteiger partial charge in [-0.25, -0.2) is 9.78 Å². The van der Waals surface area contributed by atoms with E-state index in [4.69, 9.17) is 0 Å². The van der Waals surface area contributed by atoms with Crippen LogP contribution in [0.4, 0.5) is 5.69 Å². The van der Waals surface area contributed by atoms with E-state index in [0.717, 1.165) is 31.5 Å². The molecule has 1 fully saturated rings. The molecule has 1 saturated heterocycles. The fraction of sp³-hybridized carbons (Fsp3) is 0.562. The van der Waals surface area contributed by atoms with Crippen molar-refractivity contribution < 1.29 is 0 Å². The minimum atomic E-state index is -0.340. The highest BCUT2D eigenvalue weighted by Gasteiger charge is 2.24. The van der Waals surface area contributed by atoms with E-state index >= 15 is 0 Å². The first-order chi connectivity index (χ1) is 10.6. The molecule has 0 bridgehead atoms. The van der Waals surface area contributed by atoms with Crippen LogP contribution in [0.2, 0.25) is 0 Å². The van der Waals surface area contributed by atoms with Gasteiger partial charge in [-0.3, -0.25) is 13.9 Å². The van der Waals surface area contributed by atoms with Gasteiger partial charge in [-0.15, -0.1) is 0 Å². The summed E-state index contributed by atoms with van der Waals surface area (Å²) in [6, 6.07) is 2.35. The number of rotatable bonds is 2. The summed E-state index contributed by atoms with van der Waals surface area (Å²) in [5.41, 5.74) is 0.772. The van der Waals surface area contributed by atoms with Crippen molar-refractivity contribution in [2.75, 3.05) is 11.4 Å². The first-order valence-electron chi connectivity index (χ1n) is 7.87. The molecule has 22 heavy (non-hydrogen) atoms. The third-order valence-electron chi connectivity index (χ3n) is 4.73. The summed E-state index contributed by atoms with van der Waals surface area (Å²) < 4.78 is 2.61. The Morgan fingerprint density at radius 3 is 2.73 bits per heavy atom. The summed E-state index contributed by atoms with van der Waals surface area (Å²) in [5, 5.41) is 0.549. The number of hydrogen-bond donors (Lipinski definition) is 0. The molecule has 0 amide bonds. The molecule has 118 valence electrons. The normalized spacial score (nSPS) is 18.9. The summed E-state index contributed by atoms with van der Waals surface area (Å²) >= 11 is 0. The zero-order chi connectivity index (χ0) is 15.9. The van der Waals surface area contributed by atoms with E-state index in [1.54, 1.807) is 13.2 Å². The Morgan fingerprint density at radius 1 is 1.23 bits per heavy atom. The Kier molecular flexibility index (Phi) is 3.76. The first-order valence-corrected chi connectivity index (χ1v) is 7.87. The molecule has 2 aromatic heterocycles. The van der Waals surface area contributed by atoms with Gasteiger partial charge in [0.1, 0.15) is 5.39 Å². The quantitative estimate of drug-likeness (QED) is 0.841. The van der Waals surface area contributed by atoms with E-state index in [9.17, 15) is 9.59 Å². The monoisotopic (exact) mass is 302 g/mol. The molecule has 1 unspecified atom stereocenters. The van der Waals surface area contributed by atoms with Crippen molar-refractivity contribution in [3.8, 4) is 0 Å². The number of aryl methyl sites for hydroxylation is 1. The maximum atomic E-state index is 12.6. The Labute approximate surface area is 129 Å². The third-order valence-corrected chi connectivity index (χ3v) is 4.73. The van der Waals surface area contributed by atoms with Gasteiger partial charge in [0, 0.05) is 32.9 Å². The highest BCUT2D eigenvalue weighted by atomic mass is 16.2. The second-order valence-electron chi connectivity index (χ2n) is 5.99. The highest BCUT2D eigenvalue weighted by Crippen LogP contribution is 2.29. The van der Waals surface area contributed by atoms with Gasteiger partial charge in [0.05, 0.1) is 5.69 Å². The van der Waals surface area contributed by atoms with Gasteiger partial charge < -0.3 is 4.90 Å². The van der Waals surface area contributed by atoms with E-state index in [1.807, 2.05) is 6.07 Å². The number of aromatic nitrogens is 3. The number of pyridine rings is 1. The molecule has 1 atom stereocenters. The van der Waals surface area contributed by atoms with Crippen LogP contribution in [0.3, 0.4) is 0 Å². The molecule has 0 N–H and O–H groups in total. The van der Waals surface area contributed by atoms with Gasteiger partial charge in [-0.05, 0) is 31.7 Å². The minimum Gasteiger partial charge on any atom is -0.368 e. The van der Waals surface area contributed by atoms with Crippen molar-refractivity contribution in [3.05, 3.63) is 33.1 Å². The lowest BCUT2D eigenvalue weighted by Gasteiger charge is -2.37. The van der Waals surface area contributed by atoms with Crippen molar-refractivity contribution in [2.24, 2.45) is 14.1 Å². The van der Waals surface area contributed by atoms with Crippen LogP contribution in [0, 0.1) is 0 Å². The van der Waals surface area contributed by atoms with Crippen molar-refractivity contribution in [2.45, 2.75) is 38.6 Å². The second-order valence-corrected chi connectivity index (χ2v) is 5.99. The lowest BCUT2D eigenvalue weighted by atomic mass is 9.99. The van der Waals surface area contributed by atoms with Crippen LogP contribution < -0.4 is 16.1 Å². The maximum absolute atomic E-state index is 12.6. The fourth-order valence-corrected chi connectivity index (χ4v) is 3.45. The number of nitrogens with zero attached hydrogens (tertiary/aromatic N) is 4. The van der Waals surface area contributed by atoms with Crippen LogP contribution >= 0.6 is 0 Å². The predicted octanol–water partition coefficient (Wildman–Crippen LogP) is 1.40. The van der Waals surface area contributed by atoms with Crippen LogP contribution in [-0.4, -0.2) is 26.7 Å². The van der Waals surface area contributed by atoms with Crippen molar-refractivity contribution in [1.29, 1.82) is 0 Å². The average Bonchev–Trinajstić information content (AvgIpc) is 2.57. The average molecular weight is 302 g/mol. The number of anilines is 1. The molecule has 0 saturated carbocycles. The molecule has 0 aromatic carbocycles. The van der Waals surface area contributed by atoms with Crippen molar-refractivity contribution in [3.63, 3.8) is 0 Å². The number of piperidine rings is 1. The molecule has 6 heteroatoms. The standard InChI is InChI=1S/C16H22N4O2/c1-4-11-7-5-6-10-20(11)12-8-9-17-14-13(12)15(21)19(3)16(22)18(14)2/h8-9,11H,4-7,10H2,1-3H3. The molecule has 0 radical (unpaired) electrons. The van der Waals surface area contributed by atoms with Crippen LogP contribution in [-0.2, 0) is 14.1 Å². The molecule has 2 aromatic rings. The lowest BCUT2D eigenvalue weighted by molar-refractivity contribution is 0.450.